The fourth-order valence-electron chi connectivity index (χ4n) is 1.17. The second-order valence-electron chi connectivity index (χ2n) is 4.05. The molecule has 0 saturated carbocycles. The fourth-order valence-corrected chi connectivity index (χ4v) is 1.33. The van der Waals surface area contributed by atoms with Crippen LogP contribution in [0.15, 0.2) is 10.6 Å². The van der Waals surface area contributed by atoms with Crippen LogP contribution >= 0.6 is 23.2 Å². The highest BCUT2D eigenvalue weighted by molar-refractivity contribution is 6.36. The number of likely N-dealkylation sites (N-methyl/N-ethyl adjacent to an activating group) is 1. The molecule has 0 rings (SSSR count). The molecule has 2 nitrogen and oxygen atoms in total. The minimum absolute atomic E-state index is 0.440. The Morgan fingerprint density at radius 2 is 2.00 bits per heavy atom. The molecule has 0 spiro atoms. The van der Waals surface area contributed by atoms with Gasteiger partial charge in [0.2, 0.25) is 0 Å². The van der Waals surface area contributed by atoms with E-state index in [4.69, 9.17) is 23.2 Å². The van der Waals surface area contributed by atoms with Crippen molar-refractivity contribution in [1.29, 1.82) is 0 Å². The van der Waals surface area contributed by atoms with E-state index >= 15 is 0 Å². The first kappa shape index (κ1) is 14.2. The van der Waals surface area contributed by atoms with Gasteiger partial charge in [-0.1, -0.05) is 37.0 Å². The van der Waals surface area contributed by atoms with Gasteiger partial charge in [0.15, 0.2) is 0 Å². The predicted octanol–water partition coefficient (Wildman–Crippen LogP) is 2.48. The second-order valence-corrected chi connectivity index (χ2v) is 4.75. The van der Waals surface area contributed by atoms with Gasteiger partial charge in [-0.15, -0.1) is 0 Å². The van der Waals surface area contributed by atoms with Crippen molar-refractivity contribution in [1.82, 2.24) is 10.2 Å². The van der Waals surface area contributed by atoms with E-state index in [-0.39, 0.29) is 0 Å². The van der Waals surface area contributed by atoms with Gasteiger partial charge in [0.1, 0.15) is 0 Å². The minimum Gasteiger partial charge on any atom is -0.308 e. The van der Waals surface area contributed by atoms with E-state index in [9.17, 15) is 0 Å². The summed E-state index contributed by atoms with van der Waals surface area (Å²) in [6.45, 7) is 6.03. The molecule has 0 aromatic heterocycles. The maximum absolute atomic E-state index is 5.80. The molecule has 1 atom stereocenters. The largest absolute Gasteiger partial charge is 0.308 e. The summed E-state index contributed by atoms with van der Waals surface area (Å²) in [4.78, 5) is 2.16. The van der Waals surface area contributed by atoms with Crippen LogP contribution in [0.25, 0.3) is 0 Å². The maximum atomic E-state index is 5.80. The van der Waals surface area contributed by atoms with Gasteiger partial charge in [0.05, 0.1) is 0 Å². The number of hydrogen-bond acceptors (Lipinski definition) is 2. The predicted molar refractivity (Wildman–Crippen MR) is 65.0 cm³/mol. The van der Waals surface area contributed by atoms with Crippen LogP contribution in [0, 0.1) is 5.92 Å². The highest BCUT2D eigenvalue weighted by Gasteiger charge is 2.13. The van der Waals surface area contributed by atoms with Crippen LogP contribution < -0.4 is 5.32 Å². The lowest BCUT2D eigenvalue weighted by Crippen LogP contribution is -2.42. The average molecular weight is 239 g/mol. The molecule has 0 aromatic carbocycles. The monoisotopic (exact) mass is 238 g/mol. The zero-order valence-electron chi connectivity index (χ0n) is 9.35. The van der Waals surface area contributed by atoms with Gasteiger partial charge in [0.25, 0.3) is 0 Å². The van der Waals surface area contributed by atoms with Crippen molar-refractivity contribution in [3.63, 3.8) is 0 Å². The van der Waals surface area contributed by atoms with Crippen molar-refractivity contribution in [2.45, 2.75) is 19.9 Å². The first-order valence-corrected chi connectivity index (χ1v) is 5.61. The van der Waals surface area contributed by atoms with Gasteiger partial charge in [-0.3, -0.25) is 0 Å². The van der Waals surface area contributed by atoms with Gasteiger partial charge in [-0.05, 0) is 20.0 Å². The van der Waals surface area contributed by atoms with Gasteiger partial charge in [0, 0.05) is 29.7 Å². The van der Waals surface area contributed by atoms with Gasteiger partial charge in [-0.25, -0.2) is 0 Å². The Morgan fingerprint density at radius 1 is 1.43 bits per heavy atom. The Labute approximate surface area is 97.3 Å². The van der Waals surface area contributed by atoms with Crippen molar-refractivity contribution >= 4 is 23.2 Å². The van der Waals surface area contributed by atoms with Crippen LogP contribution in [-0.2, 0) is 0 Å². The SMILES string of the molecule is CC(C)C(CN(C)C)NCC(Cl)=CCl. The Bertz CT molecular complexity index is 179. The van der Waals surface area contributed by atoms with Crippen LogP contribution in [0.5, 0.6) is 0 Å². The van der Waals surface area contributed by atoms with E-state index in [0.29, 0.717) is 23.5 Å². The molecule has 4 heteroatoms. The lowest BCUT2D eigenvalue weighted by atomic mass is 10.0. The summed E-state index contributed by atoms with van der Waals surface area (Å²) in [6, 6.07) is 0.440. The van der Waals surface area contributed by atoms with Crippen molar-refractivity contribution in [2.75, 3.05) is 27.2 Å². The number of nitrogens with zero attached hydrogens (tertiary/aromatic N) is 1. The Balaban J connectivity index is 3.97. The first-order valence-electron chi connectivity index (χ1n) is 4.80. The third-order valence-corrected chi connectivity index (χ3v) is 2.64. The molecule has 0 bridgehead atoms. The molecular formula is C10H20Cl2N2. The van der Waals surface area contributed by atoms with Crippen LogP contribution in [0.3, 0.4) is 0 Å². The van der Waals surface area contributed by atoms with E-state index in [0.717, 1.165) is 6.54 Å². The fraction of sp³-hybridized carbons (Fsp3) is 0.800. The van der Waals surface area contributed by atoms with E-state index in [1.54, 1.807) is 0 Å². The third-order valence-electron chi connectivity index (χ3n) is 2.02. The molecule has 0 fully saturated rings. The number of halogens is 2. The zero-order valence-corrected chi connectivity index (χ0v) is 10.9. The van der Waals surface area contributed by atoms with Gasteiger partial charge < -0.3 is 10.2 Å². The summed E-state index contributed by atoms with van der Waals surface area (Å²) in [7, 11) is 4.13. The highest BCUT2D eigenvalue weighted by Crippen LogP contribution is 2.06. The van der Waals surface area contributed by atoms with Crippen molar-refractivity contribution in [3.8, 4) is 0 Å². The van der Waals surface area contributed by atoms with Crippen molar-refractivity contribution < 1.29 is 0 Å². The molecule has 84 valence electrons. The first-order chi connectivity index (χ1) is 6.47. The summed E-state index contributed by atoms with van der Waals surface area (Å²) in [5.74, 6) is 0.581. The third kappa shape index (κ3) is 6.66. The molecule has 0 radical (unpaired) electrons. The molecule has 0 saturated heterocycles. The topological polar surface area (TPSA) is 15.3 Å². The average Bonchev–Trinajstić information content (AvgIpc) is 2.10. The molecule has 1 N–H and O–H groups in total. The lowest BCUT2D eigenvalue weighted by molar-refractivity contribution is 0.295. The summed E-state index contributed by atoms with van der Waals surface area (Å²) >= 11 is 11.3. The quantitative estimate of drug-likeness (QED) is 0.766. The summed E-state index contributed by atoms with van der Waals surface area (Å²) in [5, 5.41) is 4.02. The Morgan fingerprint density at radius 3 is 2.36 bits per heavy atom. The van der Waals surface area contributed by atoms with E-state index in [2.05, 4.69) is 38.2 Å². The van der Waals surface area contributed by atoms with E-state index < -0.39 is 0 Å². The van der Waals surface area contributed by atoms with Crippen LogP contribution in [0.4, 0.5) is 0 Å². The summed E-state index contributed by atoms with van der Waals surface area (Å²) < 4.78 is 0. The minimum atomic E-state index is 0.440. The maximum Gasteiger partial charge on any atom is 0.0432 e. The normalized spacial score (nSPS) is 15.3. The van der Waals surface area contributed by atoms with Crippen LogP contribution in [-0.4, -0.2) is 38.1 Å². The molecule has 0 heterocycles. The molecule has 0 aliphatic carbocycles. The molecular weight excluding hydrogens is 219 g/mol. The Hall–Kier alpha value is 0.240. The molecule has 0 aliphatic heterocycles. The lowest BCUT2D eigenvalue weighted by Gasteiger charge is -2.25. The molecule has 0 aliphatic rings. The van der Waals surface area contributed by atoms with Gasteiger partial charge >= 0.3 is 0 Å². The summed E-state index contributed by atoms with van der Waals surface area (Å²) in [5.41, 5.74) is 1.40. The summed E-state index contributed by atoms with van der Waals surface area (Å²) in [6.07, 6.45) is 0. The number of nitrogens with one attached hydrogen (secondary N) is 1. The molecule has 1 unspecified atom stereocenters. The standard InChI is InChI=1S/C10H20Cl2N2/c1-8(2)10(7-14(3)4)13-6-9(12)5-11/h5,8,10,13H,6-7H2,1-4H3. The number of hydrogen-bond donors (Lipinski definition) is 1. The molecule has 0 amide bonds. The number of rotatable bonds is 6. The van der Waals surface area contributed by atoms with Crippen LogP contribution in [0.2, 0.25) is 0 Å². The molecule has 14 heavy (non-hydrogen) atoms. The Kier molecular flexibility index (Phi) is 7.65. The van der Waals surface area contributed by atoms with Crippen LogP contribution in [0.1, 0.15) is 13.8 Å². The molecule has 0 aromatic rings. The van der Waals surface area contributed by atoms with Crippen molar-refractivity contribution in [3.05, 3.63) is 10.6 Å². The van der Waals surface area contributed by atoms with E-state index in [1.165, 1.54) is 5.54 Å². The highest BCUT2D eigenvalue weighted by atomic mass is 35.5. The van der Waals surface area contributed by atoms with E-state index in [1.807, 2.05) is 0 Å². The second kappa shape index (κ2) is 7.52. The smallest absolute Gasteiger partial charge is 0.0432 e. The zero-order chi connectivity index (χ0) is 11.1. The van der Waals surface area contributed by atoms with Crippen molar-refractivity contribution in [2.24, 2.45) is 5.92 Å². The van der Waals surface area contributed by atoms with Gasteiger partial charge in [-0.2, -0.15) is 0 Å².